The third-order valence-corrected chi connectivity index (χ3v) is 5.25. The number of carbonyl (C=O) groups excluding carboxylic acids is 1. The number of Topliss-reactive ketones (excluding diaryl/α,β-unsaturated/α-hetero) is 1. The van der Waals surface area contributed by atoms with Gasteiger partial charge in [-0.3, -0.25) is 4.79 Å². The standard InChI is InChI=1S/C16H29NO2/c1-3-12(2)14(17)15(18)13-7-10-19-16(11-13)8-5-4-6-9-16/h12-14H,3-11,17H2,1-2H3. The van der Waals surface area contributed by atoms with Crippen molar-refractivity contribution in [3.63, 3.8) is 0 Å². The molecule has 1 heterocycles. The quantitative estimate of drug-likeness (QED) is 0.851. The molecule has 0 radical (unpaired) electrons. The summed E-state index contributed by atoms with van der Waals surface area (Å²) in [7, 11) is 0. The van der Waals surface area contributed by atoms with Gasteiger partial charge in [-0.05, 0) is 31.6 Å². The Balaban J connectivity index is 1.98. The van der Waals surface area contributed by atoms with Crippen molar-refractivity contribution in [1.82, 2.24) is 0 Å². The predicted octanol–water partition coefficient (Wildman–Crippen LogP) is 3.06. The Labute approximate surface area is 117 Å². The molecule has 1 saturated heterocycles. The van der Waals surface area contributed by atoms with Crippen LogP contribution >= 0.6 is 0 Å². The molecule has 2 rings (SSSR count). The lowest BCUT2D eigenvalue weighted by molar-refractivity contribution is -0.144. The van der Waals surface area contributed by atoms with E-state index in [4.69, 9.17) is 10.5 Å². The molecule has 110 valence electrons. The second-order valence-corrected chi connectivity index (χ2v) is 6.60. The number of carbonyl (C=O) groups is 1. The first-order chi connectivity index (χ1) is 9.08. The largest absolute Gasteiger partial charge is 0.375 e. The zero-order chi connectivity index (χ0) is 13.9. The molecule has 0 aromatic rings. The first-order valence-corrected chi connectivity index (χ1v) is 8.01. The molecule has 3 heteroatoms. The number of hydrogen-bond acceptors (Lipinski definition) is 3. The van der Waals surface area contributed by atoms with Crippen molar-refractivity contribution in [3.05, 3.63) is 0 Å². The first kappa shape index (κ1) is 15.0. The Morgan fingerprint density at radius 3 is 2.68 bits per heavy atom. The van der Waals surface area contributed by atoms with Gasteiger partial charge in [0.2, 0.25) is 0 Å². The summed E-state index contributed by atoms with van der Waals surface area (Å²) in [6, 6.07) is -0.284. The van der Waals surface area contributed by atoms with E-state index in [2.05, 4.69) is 13.8 Å². The number of ketones is 1. The van der Waals surface area contributed by atoms with Gasteiger partial charge in [0.25, 0.3) is 0 Å². The predicted molar refractivity (Wildman–Crippen MR) is 76.9 cm³/mol. The van der Waals surface area contributed by atoms with Crippen molar-refractivity contribution in [2.45, 2.75) is 76.9 Å². The molecule has 3 unspecified atom stereocenters. The smallest absolute Gasteiger partial charge is 0.153 e. The molecule has 0 aromatic carbocycles. The van der Waals surface area contributed by atoms with Crippen molar-refractivity contribution in [3.8, 4) is 0 Å². The molecular weight excluding hydrogens is 238 g/mol. The van der Waals surface area contributed by atoms with Gasteiger partial charge in [0, 0.05) is 12.5 Å². The number of ether oxygens (including phenoxy) is 1. The maximum absolute atomic E-state index is 12.5. The SMILES string of the molecule is CCC(C)C(N)C(=O)C1CCOC2(CCCCC2)C1. The summed E-state index contributed by atoms with van der Waals surface area (Å²) in [5.74, 6) is 0.705. The lowest BCUT2D eigenvalue weighted by Crippen LogP contribution is -2.48. The van der Waals surface area contributed by atoms with Gasteiger partial charge in [0.05, 0.1) is 11.6 Å². The van der Waals surface area contributed by atoms with Gasteiger partial charge in [-0.15, -0.1) is 0 Å². The normalized spacial score (nSPS) is 29.9. The summed E-state index contributed by atoms with van der Waals surface area (Å²) in [6.45, 7) is 4.92. The third kappa shape index (κ3) is 3.38. The highest BCUT2D eigenvalue weighted by Crippen LogP contribution is 2.41. The first-order valence-electron chi connectivity index (χ1n) is 8.01. The molecule has 2 aliphatic rings. The molecule has 1 aliphatic heterocycles. The van der Waals surface area contributed by atoms with Crippen molar-refractivity contribution >= 4 is 5.78 Å². The van der Waals surface area contributed by atoms with E-state index in [0.29, 0.717) is 0 Å². The van der Waals surface area contributed by atoms with Gasteiger partial charge in [0.15, 0.2) is 5.78 Å². The molecule has 1 aliphatic carbocycles. The van der Waals surface area contributed by atoms with Gasteiger partial charge < -0.3 is 10.5 Å². The van der Waals surface area contributed by atoms with E-state index in [0.717, 1.165) is 38.7 Å². The van der Waals surface area contributed by atoms with E-state index < -0.39 is 0 Å². The summed E-state index contributed by atoms with van der Waals surface area (Å²) >= 11 is 0. The molecular formula is C16H29NO2. The minimum atomic E-state index is -0.284. The van der Waals surface area contributed by atoms with Gasteiger partial charge in [-0.25, -0.2) is 0 Å². The Bertz CT molecular complexity index is 304. The van der Waals surface area contributed by atoms with Gasteiger partial charge in [-0.2, -0.15) is 0 Å². The van der Waals surface area contributed by atoms with Crippen LogP contribution in [0.5, 0.6) is 0 Å². The van der Waals surface area contributed by atoms with Crippen LogP contribution in [0.25, 0.3) is 0 Å². The minimum absolute atomic E-state index is 0.00595. The fourth-order valence-corrected chi connectivity index (χ4v) is 3.62. The van der Waals surface area contributed by atoms with Gasteiger partial charge >= 0.3 is 0 Å². The highest BCUT2D eigenvalue weighted by atomic mass is 16.5. The molecule has 0 bridgehead atoms. The van der Waals surface area contributed by atoms with E-state index in [-0.39, 0.29) is 29.3 Å². The average Bonchev–Trinajstić information content (AvgIpc) is 2.45. The second kappa shape index (κ2) is 6.36. The zero-order valence-electron chi connectivity index (χ0n) is 12.5. The Morgan fingerprint density at radius 1 is 1.37 bits per heavy atom. The topological polar surface area (TPSA) is 52.3 Å². The van der Waals surface area contributed by atoms with Gasteiger partial charge in [0.1, 0.15) is 0 Å². The van der Waals surface area contributed by atoms with Crippen LogP contribution in [0.1, 0.15) is 65.2 Å². The van der Waals surface area contributed by atoms with E-state index in [1.165, 1.54) is 19.3 Å². The average molecular weight is 267 g/mol. The minimum Gasteiger partial charge on any atom is -0.375 e. The van der Waals surface area contributed by atoms with Gasteiger partial charge in [-0.1, -0.05) is 39.5 Å². The van der Waals surface area contributed by atoms with Crippen LogP contribution in [-0.4, -0.2) is 24.0 Å². The van der Waals surface area contributed by atoms with Crippen LogP contribution in [0.2, 0.25) is 0 Å². The maximum Gasteiger partial charge on any atom is 0.153 e. The molecule has 3 nitrogen and oxygen atoms in total. The molecule has 2 fully saturated rings. The fraction of sp³-hybridized carbons (Fsp3) is 0.938. The number of nitrogens with two attached hydrogens (primary N) is 1. The third-order valence-electron chi connectivity index (χ3n) is 5.25. The Morgan fingerprint density at radius 2 is 2.05 bits per heavy atom. The Kier molecular flexibility index (Phi) is 5.02. The molecule has 0 amide bonds. The van der Waals surface area contributed by atoms with Crippen LogP contribution < -0.4 is 5.73 Å². The molecule has 3 atom stereocenters. The van der Waals surface area contributed by atoms with Crippen molar-refractivity contribution in [2.75, 3.05) is 6.61 Å². The summed E-state index contributed by atoms with van der Waals surface area (Å²) in [5, 5.41) is 0. The summed E-state index contributed by atoms with van der Waals surface area (Å²) < 4.78 is 6.06. The van der Waals surface area contributed by atoms with Crippen molar-refractivity contribution in [2.24, 2.45) is 17.6 Å². The van der Waals surface area contributed by atoms with Crippen LogP contribution in [0.15, 0.2) is 0 Å². The van der Waals surface area contributed by atoms with Crippen LogP contribution in [-0.2, 0) is 9.53 Å². The molecule has 2 N–H and O–H groups in total. The van der Waals surface area contributed by atoms with Crippen molar-refractivity contribution < 1.29 is 9.53 Å². The molecule has 1 saturated carbocycles. The van der Waals surface area contributed by atoms with E-state index >= 15 is 0 Å². The van der Waals surface area contributed by atoms with E-state index in [9.17, 15) is 4.79 Å². The van der Waals surface area contributed by atoms with E-state index in [1.54, 1.807) is 0 Å². The monoisotopic (exact) mass is 267 g/mol. The van der Waals surface area contributed by atoms with Crippen LogP contribution in [0.3, 0.4) is 0 Å². The summed E-state index contributed by atoms with van der Waals surface area (Å²) in [4.78, 5) is 12.5. The van der Waals surface area contributed by atoms with Crippen LogP contribution in [0, 0.1) is 11.8 Å². The molecule has 1 spiro atoms. The second-order valence-electron chi connectivity index (χ2n) is 6.60. The van der Waals surface area contributed by atoms with Crippen molar-refractivity contribution in [1.29, 1.82) is 0 Å². The highest BCUT2D eigenvalue weighted by molar-refractivity contribution is 5.86. The lowest BCUT2D eigenvalue weighted by atomic mass is 9.73. The zero-order valence-corrected chi connectivity index (χ0v) is 12.5. The molecule has 19 heavy (non-hydrogen) atoms. The lowest BCUT2D eigenvalue weighted by Gasteiger charge is -2.43. The molecule has 0 aromatic heterocycles. The van der Waals surface area contributed by atoms with Crippen LogP contribution in [0.4, 0.5) is 0 Å². The maximum atomic E-state index is 12.5. The Hall–Kier alpha value is -0.410. The summed E-state index contributed by atoms with van der Waals surface area (Å²) in [5.41, 5.74) is 6.14. The fourth-order valence-electron chi connectivity index (χ4n) is 3.62. The number of hydrogen-bond donors (Lipinski definition) is 1. The number of rotatable bonds is 4. The van der Waals surface area contributed by atoms with E-state index in [1.807, 2.05) is 0 Å². The highest BCUT2D eigenvalue weighted by Gasteiger charge is 2.41. The summed E-state index contributed by atoms with van der Waals surface area (Å²) in [6.07, 6.45) is 8.83.